The molecular weight excluding hydrogens is 214 g/mol. The Hall–Kier alpha value is -2.43. The quantitative estimate of drug-likeness (QED) is 0.723. The third-order valence-corrected chi connectivity index (χ3v) is 2.57. The maximum Gasteiger partial charge on any atom is 0.153 e. The van der Waals surface area contributed by atoms with Crippen molar-refractivity contribution in [3.05, 3.63) is 42.9 Å². The number of anilines is 1. The average molecular weight is 225 g/mol. The van der Waals surface area contributed by atoms with Crippen molar-refractivity contribution in [2.45, 2.75) is 0 Å². The summed E-state index contributed by atoms with van der Waals surface area (Å²) in [5.41, 5.74) is 0.989. The Labute approximate surface area is 98.1 Å². The molecule has 0 bridgehead atoms. The minimum atomic E-state index is 0.802. The number of aromatic nitrogens is 4. The molecule has 1 N–H and O–H groups in total. The lowest BCUT2D eigenvalue weighted by Crippen LogP contribution is -1.99. The van der Waals surface area contributed by atoms with E-state index in [1.165, 1.54) is 0 Å². The molecule has 0 atom stereocenters. The standard InChI is InChI=1S/C12H11N5/c1-13-11-6-10-9(7-15-11)8-16-17(10)12-4-2-3-5-14-12/h2-8H,1H3,(H,13,15). The largest absolute Gasteiger partial charge is 0.373 e. The van der Waals surface area contributed by atoms with Gasteiger partial charge in [0.05, 0.1) is 11.7 Å². The first-order valence-corrected chi connectivity index (χ1v) is 5.31. The van der Waals surface area contributed by atoms with Crippen LogP contribution in [0.3, 0.4) is 0 Å². The van der Waals surface area contributed by atoms with E-state index in [0.29, 0.717) is 0 Å². The molecule has 0 amide bonds. The van der Waals surface area contributed by atoms with E-state index in [1.807, 2.05) is 31.3 Å². The first-order valence-electron chi connectivity index (χ1n) is 5.31. The fraction of sp³-hybridized carbons (Fsp3) is 0.0833. The van der Waals surface area contributed by atoms with Crippen LogP contribution in [0.4, 0.5) is 5.82 Å². The Morgan fingerprint density at radius 1 is 1.18 bits per heavy atom. The smallest absolute Gasteiger partial charge is 0.153 e. The molecule has 3 rings (SSSR count). The van der Waals surface area contributed by atoms with Crippen molar-refractivity contribution in [2.75, 3.05) is 12.4 Å². The number of rotatable bonds is 2. The maximum atomic E-state index is 4.33. The zero-order valence-electron chi connectivity index (χ0n) is 9.33. The minimum Gasteiger partial charge on any atom is -0.373 e. The Kier molecular flexibility index (Phi) is 2.22. The van der Waals surface area contributed by atoms with E-state index in [2.05, 4.69) is 20.4 Å². The van der Waals surface area contributed by atoms with E-state index < -0.39 is 0 Å². The van der Waals surface area contributed by atoms with Crippen molar-refractivity contribution in [1.82, 2.24) is 19.7 Å². The van der Waals surface area contributed by atoms with Gasteiger partial charge < -0.3 is 5.32 Å². The molecule has 17 heavy (non-hydrogen) atoms. The Morgan fingerprint density at radius 2 is 2.12 bits per heavy atom. The molecule has 0 aliphatic heterocycles. The molecule has 0 spiro atoms. The molecule has 5 nitrogen and oxygen atoms in total. The lowest BCUT2D eigenvalue weighted by molar-refractivity contribution is 0.874. The molecule has 0 aromatic carbocycles. The van der Waals surface area contributed by atoms with E-state index >= 15 is 0 Å². The Morgan fingerprint density at radius 3 is 2.88 bits per heavy atom. The molecule has 3 heterocycles. The number of pyridine rings is 2. The highest BCUT2D eigenvalue weighted by atomic mass is 15.3. The normalized spacial score (nSPS) is 10.6. The van der Waals surface area contributed by atoms with Gasteiger partial charge in [-0.2, -0.15) is 5.10 Å². The summed E-state index contributed by atoms with van der Waals surface area (Å²) in [7, 11) is 1.84. The lowest BCUT2D eigenvalue weighted by Gasteiger charge is -2.03. The third kappa shape index (κ3) is 1.61. The highest BCUT2D eigenvalue weighted by Crippen LogP contribution is 2.18. The fourth-order valence-corrected chi connectivity index (χ4v) is 1.72. The predicted molar refractivity (Wildman–Crippen MR) is 66.2 cm³/mol. The number of nitrogens with zero attached hydrogens (tertiary/aromatic N) is 4. The second-order valence-corrected chi connectivity index (χ2v) is 3.62. The maximum absolute atomic E-state index is 4.33. The van der Waals surface area contributed by atoms with Crippen molar-refractivity contribution in [1.29, 1.82) is 0 Å². The molecule has 0 aliphatic carbocycles. The summed E-state index contributed by atoms with van der Waals surface area (Å²) in [6, 6.07) is 7.70. The second-order valence-electron chi connectivity index (χ2n) is 3.62. The topological polar surface area (TPSA) is 55.6 Å². The van der Waals surface area contributed by atoms with Crippen LogP contribution in [0, 0.1) is 0 Å². The van der Waals surface area contributed by atoms with Crippen LogP contribution in [0.2, 0.25) is 0 Å². The molecule has 0 fully saturated rings. The van der Waals surface area contributed by atoms with E-state index in [1.54, 1.807) is 23.3 Å². The van der Waals surface area contributed by atoms with Gasteiger partial charge in [-0.3, -0.25) is 0 Å². The van der Waals surface area contributed by atoms with Gasteiger partial charge in [-0.05, 0) is 12.1 Å². The minimum absolute atomic E-state index is 0.802. The summed E-state index contributed by atoms with van der Waals surface area (Å²) in [6.07, 6.45) is 5.34. The second kappa shape index (κ2) is 3.86. The number of fused-ring (bicyclic) bond motifs is 1. The van der Waals surface area contributed by atoms with Crippen LogP contribution in [0.15, 0.2) is 42.9 Å². The molecule has 0 radical (unpaired) electrons. The molecule has 0 saturated carbocycles. The van der Waals surface area contributed by atoms with Crippen LogP contribution < -0.4 is 5.32 Å². The summed E-state index contributed by atoms with van der Waals surface area (Å²) in [4.78, 5) is 8.53. The summed E-state index contributed by atoms with van der Waals surface area (Å²) < 4.78 is 1.80. The van der Waals surface area contributed by atoms with Crippen molar-refractivity contribution in [2.24, 2.45) is 0 Å². The summed E-state index contributed by atoms with van der Waals surface area (Å²) in [5, 5.41) is 8.34. The highest BCUT2D eigenvalue weighted by Gasteiger charge is 2.06. The van der Waals surface area contributed by atoms with E-state index in [-0.39, 0.29) is 0 Å². The van der Waals surface area contributed by atoms with Gasteiger partial charge in [0, 0.05) is 30.9 Å². The van der Waals surface area contributed by atoms with Crippen LogP contribution in [0.5, 0.6) is 0 Å². The van der Waals surface area contributed by atoms with Crippen molar-refractivity contribution in [3.63, 3.8) is 0 Å². The zero-order valence-corrected chi connectivity index (χ0v) is 9.33. The molecule has 0 saturated heterocycles. The molecule has 3 aromatic heterocycles. The van der Waals surface area contributed by atoms with Gasteiger partial charge in [0.25, 0.3) is 0 Å². The van der Waals surface area contributed by atoms with Crippen LogP contribution in [-0.4, -0.2) is 26.8 Å². The van der Waals surface area contributed by atoms with E-state index in [4.69, 9.17) is 0 Å². The summed E-state index contributed by atoms with van der Waals surface area (Å²) in [5.74, 6) is 1.62. The fourth-order valence-electron chi connectivity index (χ4n) is 1.72. The van der Waals surface area contributed by atoms with Gasteiger partial charge in [0.1, 0.15) is 5.82 Å². The summed E-state index contributed by atoms with van der Waals surface area (Å²) in [6.45, 7) is 0. The predicted octanol–water partition coefficient (Wildman–Crippen LogP) is 1.86. The van der Waals surface area contributed by atoms with E-state index in [9.17, 15) is 0 Å². The first kappa shape index (κ1) is 9.77. The van der Waals surface area contributed by atoms with Crippen LogP contribution in [0.1, 0.15) is 0 Å². The zero-order chi connectivity index (χ0) is 11.7. The number of nitrogens with one attached hydrogen (secondary N) is 1. The molecule has 84 valence electrons. The average Bonchev–Trinajstić information content (AvgIpc) is 2.82. The van der Waals surface area contributed by atoms with Gasteiger partial charge in [0.2, 0.25) is 0 Å². The van der Waals surface area contributed by atoms with Gasteiger partial charge in [-0.25, -0.2) is 14.6 Å². The van der Waals surface area contributed by atoms with Gasteiger partial charge in [-0.15, -0.1) is 0 Å². The third-order valence-electron chi connectivity index (χ3n) is 2.57. The van der Waals surface area contributed by atoms with Crippen molar-refractivity contribution in [3.8, 4) is 5.82 Å². The van der Waals surface area contributed by atoms with Crippen LogP contribution in [-0.2, 0) is 0 Å². The molecule has 0 aliphatic rings. The number of hydrogen-bond acceptors (Lipinski definition) is 4. The van der Waals surface area contributed by atoms with Gasteiger partial charge in [0.15, 0.2) is 5.82 Å². The Balaban J connectivity index is 2.23. The van der Waals surface area contributed by atoms with Gasteiger partial charge >= 0.3 is 0 Å². The first-order chi connectivity index (χ1) is 8.38. The van der Waals surface area contributed by atoms with Crippen molar-refractivity contribution >= 4 is 16.7 Å². The molecule has 0 unspecified atom stereocenters. The number of hydrogen-bond donors (Lipinski definition) is 1. The molecule has 3 aromatic rings. The van der Waals surface area contributed by atoms with Gasteiger partial charge in [-0.1, -0.05) is 6.07 Å². The lowest BCUT2D eigenvalue weighted by atomic mass is 10.3. The molecule has 5 heteroatoms. The van der Waals surface area contributed by atoms with Crippen LogP contribution in [0.25, 0.3) is 16.7 Å². The van der Waals surface area contributed by atoms with Crippen LogP contribution >= 0.6 is 0 Å². The summed E-state index contributed by atoms with van der Waals surface area (Å²) >= 11 is 0. The SMILES string of the molecule is CNc1cc2c(cn1)cnn2-c1ccccn1. The molecular formula is C12H11N5. The highest BCUT2D eigenvalue weighted by molar-refractivity contribution is 5.81. The monoisotopic (exact) mass is 225 g/mol. The Bertz CT molecular complexity index is 644. The van der Waals surface area contributed by atoms with Crippen molar-refractivity contribution < 1.29 is 0 Å². The van der Waals surface area contributed by atoms with E-state index in [0.717, 1.165) is 22.5 Å².